The van der Waals surface area contributed by atoms with Crippen molar-refractivity contribution in [3.05, 3.63) is 56.6 Å². The second-order valence-electron chi connectivity index (χ2n) is 19.8. The van der Waals surface area contributed by atoms with Gasteiger partial charge in [0.1, 0.15) is 11.5 Å². The number of fused-ring (bicyclic) bond motifs is 2. The average molecular weight is 857 g/mol. The summed E-state index contributed by atoms with van der Waals surface area (Å²) >= 11 is 0. The van der Waals surface area contributed by atoms with Gasteiger partial charge in [-0.15, -0.1) is 0 Å². The van der Waals surface area contributed by atoms with Crippen LogP contribution in [0.25, 0.3) is 0 Å². The second-order valence-corrected chi connectivity index (χ2v) is 19.8. The summed E-state index contributed by atoms with van der Waals surface area (Å²) in [6.45, 7) is 11.5. The summed E-state index contributed by atoms with van der Waals surface area (Å²) in [5.41, 5.74) is 9.62. The quantitative estimate of drug-likeness (QED) is 0.0578. The third kappa shape index (κ3) is 20.3. The first-order valence-corrected chi connectivity index (χ1v) is 27.8. The van der Waals surface area contributed by atoms with Gasteiger partial charge in [-0.25, -0.2) is 4.79 Å². The summed E-state index contributed by atoms with van der Waals surface area (Å²) in [5, 5.41) is 11.2. The van der Waals surface area contributed by atoms with E-state index < -0.39 is 5.97 Å². The largest absolute Gasteiger partial charge is 0.478 e. The van der Waals surface area contributed by atoms with Crippen LogP contribution in [0.5, 0.6) is 11.5 Å². The number of unbranched alkanes of at least 4 members (excludes halogenated alkanes) is 30. The molecule has 1 aliphatic heterocycles. The molecule has 0 aromatic heterocycles. The van der Waals surface area contributed by atoms with Crippen LogP contribution in [-0.2, 0) is 38.5 Å². The highest BCUT2D eigenvalue weighted by molar-refractivity contribution is 5.94. The van der Waals surface area contributed by atoms with Gasteiger partial charge in [-0.1, -0.05) is 239 Å². The SMILES string of the molecule is CCCCCCCCCc1ccc2c(c1CCCCCCCCC)Oc1c(CCCCCCCCC)c(CCCCCCCCC)c(CCCCCCCCC)c(C(=O)O)c1C2. The van der Waals surface area contributed by atoms with Crippen LogP contribution in [0.4, 0.5) is 0 Å². The number of aromatic carboxylic acids is 1. The van der Waals surface area contributed by atoms with Crippen molar-refractivity contribution in [2.24, 2.45) is 0 Å². The van der Waals surface area contributed by atoms with Crippen molar-refractivity contribution in [3.63, 3.8) is 0 Å². The lowest BCUT2D eigenvalue weighted by molar-refractivity contribution is 0.0693. The van der Waals surface area contributed by atoms with Gasteiger partial charge in [-0.3, -0.25) is 0 Å². The molecule has 1 aliphatic rings. The Labute approximate surface area is 385 Å². The first-order valence-electron chi connectivity index (χ1n) is 27.8. The van der Waals surface area contributed by atoms with E-state index in [2.05, 4.69) is 46.8 Å². The summed E-state index contributed by atoms with van der Waals surface area (Å²) < 4.78 is 7.45. The minimum atomic E-state index is -0.742. The first-order chi connectivity index (χ1) is 30.5. The molecule has 3 nitrogen and oxygen atoms in total. The molecule has 0 radical (unpaired) electrons. The Bertz CT molecular complexity index is 1450. The van der Waals surface area contributed by atoms with Crippen molar-refractivity contribution in [2.75, 3.05) is 0 Å². The summed E-state index contributed by atoms with van der Waals surface area (Å²) in [4.78, 5) is 13.7. The fourth-order valence-corrected chi connectivity index (χ4v) is 10.4. The standard InChI is InChI=1S/C59H100O3/c1-6-11-16-21-26-31-36-41-49-46-47-50-48-55-56(59(60)61)53(44-39-34-29-24-19-14-9-4)52(43-38-33-28-23-18-13-8-3)54(45-40-35-30-25-20-15-10-5)58(55)62-57(50)51(49)42-37-32-27-22-17-12-7-2/h46-47H,6-45,48H2,1-5H3,(H,60,61). The molecule has 62 heavy (non-hydrogen) atoms. The van der Waals surface area contributed by atoms with Crippen LogP contribution >= 0.6 is 0 Å². The molecule has 0 saturated carbocycles. The van der Waals surface area contributed by atoms with E-state index in [1.807, 2.05) is 0 Å². The summed E-state index contributed by atoms with van der Waals surface area (Å²) in [6, 6.07) is 4.74. The predicted octanol–water partition coefficient (Wildman–Crippen LogP) is 19.5. The first kappa shape index (κ1) is 54.0. The van der Waals surface area contributed by atoms with Crippen LogP contribution in [0.15, 0.2) is 12.1 Å². The lowest BCUT2D eigenvalue weighted by atomic mass is 9.80. The number of carboxylic acids is 1. The van der Waals surface area contributed by atoms with Crippen LogP contribution in [0.2, 0.25) is 0 Å². The Morgan fingerprint density at radius 2 is 0.742 bits per heavy atom. The Morgan fingerprint density at radius 3 is 1.15 bits per heavy atom. The molecule has 354 valence electrons. The van der Waals surface area contributed by atoms with Crippen LogP contribution in [0.3, 0.4) is 0 Å². The third-order valence-corrected chi connectivity index (χ3v) is 14.3. The highest BCUT2D eigenvalue weighted by atomic mass is 16.5. The van der Waals surface area contributed by atoms with E-state index in [1.165, 1.54) is 239 Å². The molecule has 2 aromatic rings. The highest BCUT2D eigenvalue weighted by Gasteiger charge is 2.32. The average Bonchev–Trinajstić information content (AvgIpc) is 3.27. The van der Waals surface area contributed by atoms with Gasteiger partial charge in [-0.2, -0.15) is 0 Å². The maximum atomic E-state index is 13.7. The molecule has 0 amide bonds. The van der Waals surface area contributed by atoms with Crippen LogP contribution in [-0.4, -0.2) is 11.1 Å². The molecule has 0 unspecified atom stereocenters. The van der Waals surface area contributed by atoms with E-state index in [9.17, 15) is 9.90 Å². The fourth-order valence-electron chi connectivity index (χ4n) is 10.4. The lowest BCUT2D eigenvalue weighted by Crippen LogP contribution is -2.19. The number of rotatable bonds is 41. The van der Waals surface area contributed by atoms with Gasteiger partial charge in [0.05, 0.1) is 5.56 Å². The van der Waals surface area contributed by atoms with Crippen LogP contribution < -0.4 is 4.74 Å². The molecular formula is C59H100O3. The van der Waals surface area contributed by atoms with Crippen LogP contribution in [0.1, 0.15) is 309 Å². The topological polar surface area (TPSA) is 46.5 Å². The molecule has 1 heterocycles. The van der Waals surface area contributed by atoms with E-state index in [-0.39, 0.29) is 0 Å². The lowest BCUT2D eigenvalue weighted by Gasteiger charge is -2.31. The maximum absolute atomic E-state index is 13.7. The van der Waals surface area contributed by atoms with Gasteiger partial charge in [0.2, 0.25) is 0 Å². The third-order valence-electron chi connectivity index (χ3n) is 14.3. The molecule has 3 rings (SSSR count). The molecule has 2 aromatic carbocycles. The van der Waals surface area contributed by atoms with Crippen molar-refractivity contribution in [2.45, 2.75) is 298 Å². The van der Waals surface area contributed by atoms with E-state index in [1.54, 1.807) is 0 Å². The molecule has 0 fully saturated rings. The number of carboxylic acid groups (broad SMARTS) is 1. The molecule has 1 N–H and O–H groups in total. The van der Waals surface area contributed by atoms with E-state index in [0.29, 0.717) is 12.0 Å². The number of aryl methyl sites for hydroxylation is 1. The summed E-state index contributed by atoms with van der Waals surface area (Å²) in [6.07, 6.45) is 50.8. The normalized spacial score (nSPS) is 12.1. The van der Waals surface area contributed by atoms with E-state index in [4.69, 9.17) is 4.74 Å². The molecule has 0 aliphatic carbocycles. The molecule has 0 saturated heterocycles. The van der Waals surface area contributed by atoms with Gasteiger partial charge >= 0.3 is 5.97 Å². The van der Waals surface area contributed by atoms with Gasteiger partial charge in [0.15, 0.2) is 0 Å². The van der Waals surface area contributed by atoms with Crippen molar-refractivity contribution >= 4 is 5.97 Å². The van der Waals surface area contributed by atoms with Gasteiger partial charge in [0.25, 0.3) is 0 Å². The minimum Gasteiger partial charge on any atom is -0.478 e. The molecule has 0 spiro atoms. The Morgan fingerprint density at radius 1 is 0.403 bits per heavy atom. The molecular weight excluding hydrogens is 757 g/mol. The Balaban J connectivity index is 2.06. The van der Waals surface area contributed by atoms with Gasteiger partial charge in [0, 0.05) is 12.0 Å². The van der Waals surface area contributed by atoms with Crippen molar-refractivity contribution in [1.29, 1.82) is 0 Å². The smallest absolute Gasteiger partial charge is 0.336 e. The number of ether oxygens (including phenoxy) is 1. The number of hydrogen-bond donors (Lipinski definition) is 1. The van der Waals surface area contributed by atoms with Crippen molar-refractivity contribution < 1.29 is 14.6 Å². The zero-order valence-electron chi connectivity index (χ0n) is 41.9. The Kier molecular flexibility index (Phi) is 30.5. The monoisotopic (exact) mass is 857 g/mol. The van der Waals surface area contributed by atoms with Crippen molar-refractivity contribution in [1.82, 2.24) is 0 Å². The maximum Gasteiger partial charge on any atom is 0.336 e. The predicted molar refractivity (Wildman–Crippen MR) is 271 cm³/mol. The molecule has 3 heteroatoms. The second kappa shape index (κ2) is 35.0. The minimum absolute atomic E-state index is 0.596. The number of hydrogen-bond acceptors (Lipinski definition) is 2. The van der Waals surface area contributed by atoms with Crippen LogP contribution in [0, 0.1) is 0 Å². The van der Waals surface area contributed by atoms with Crippen molar-refractivity contribution in [3.8, 4) is 11.5 Å². The zero-order valence-corrected chi connectivity index (χ0v) is 41.9. The highest BCUT2D eigenvalue weighted by Crippen LogP contribution is 2.47. The Hall–Kier alpha value is -2.29. The molecule has 0 atom stereocenters. The van der Waals surface area contributed by atoms with E-state index in [0.717, 1.165) is 68.4 Å². The summed E-state index contributed by atoms with van der Waals surface area (Å²) in [7, 11) is 0. The number of carbonyl (C=O) groups is 1. The number of benzene rings is 2. The van der Waals surface area contributed by atoms with E-state index >= 15 is 0 Å². The fraction of sp³-hybridized carbons (Fsp3) is 0.780. The molecule has 0 bridgehead atoms. The van der Waals surface area contributed by atoms with Gasteiger partial charge < -0.3 is 9.84 Å². The zero-order chi connectivity index (χ0) is 44.5. The summed E-state index contributed by atoms with van der Waals surface area (Å²) in [5.74, 6) is 1.31. The van der Waals surface area contributed by atoms with Gasteiger partial charge in [-0.05, 0) is 97.6 Å².